The van der Waals surface area contributed by atoms with Gasteiger partial charge in [0.05, 0.1) is 0 Å². The SMILES string of the molecule is c1ccc(CC2CCN(c3ncccn3)CC2)nc1. The van der Waals surface area contributed by atoms with Crippen molar-refractivity contribution in [2.24, 2.45) is 5.92 Å². The summed E-state index contributed by atoms with van der Waals surface area (Å²) in [5.41, 5.74) is 1.21. The maximum atomic E-state index is 4.41. The number of pyridine rings is 1. The lowest BCUT2D eigenvalue weighted by molar-refractivity contribution is 0.397. The molecule has 0 unspecified atom stereocenters. The summed E-state index contributed by atoms with van der Waals surface area (Å²) in [4.78, 5) is 15.3. The maximum absolute atomic E-state index is 4.41. The minimum Gasteiger partial charge on any atom is -0.341 e. The summed E-state index contributed by atoms with van der Waals surface area (Å²) in [5.74, 6) is 1.59. The number of hydrogen-bond donors (Lipinski definition) is 0. The monoisotopic (exact) mass is 254 g/mol. The van der Waals surface area contributed by atoms with E-state index in [4.69, 9.17) is 0 Å². The molecule has 2 aromatic heterocycles. The first-order valence-corrected chi connectivity index (χ1v) is 6.84. The average molecular weight is 254 g/mol. The Balaban J connectivity index is 1.55. The lowest BCUT2D eigenvalue weighted by atomic mass is 9.92. The zero-order valence-electron chi connectivity index (χ0n) is 10.9. The topological polar surface area (TPSA) is 41.9 Å². The molecule has 4 heteroatoms. The summed E-state index contributed by atoms with van der Waals surface area (Å²) < 4.78 is 0. The van der Waals surface area contributed by atoms with Crippen LogP contribution in [0.2, 0.25) is 0 Å². The van der Waals surface area contributed by atoms with E-state index in [0.717, 1.165) is 31.4 Å². The average Bonchev–Trinajstić information content (AvgIpc) is 2.50. The molecule has 0 aromatic carbocycles. The molecule has 0 saturated carbocycles. The molecule has 0 atom stereocenters. The third-order valence-electron chi connectivity index (χ3n) is 3.67. The van der Waals surface area contributed by atoms with Crippen LogP contribution in [0.4, 0.5) is 5.95 Å². The number of rotatable bonds is 3. The Hall–Kier alpha value is -1.97. The van der Waals surface area contributed by atoms with E-state index in [0.29, 0.717) is 0 Å². The first-order chi connectivity index (χ1) is 9.42. The second-order valence-corrected chi connectivity index (χ2v) is 5.00. The summed E-state index contributed by atoms with van der Waals surface area (Å²) in [6.45, 7) is 2.09. The molecule has 98 valence electrons. The van der Waals surface area contributed by atoms with Gasteiger partial charge in [0.2, 0.25) is 5.95 Å². The smallest absolute Gasteiger partial charge is 0.225 e. The summed E-state index contributed by atoms with van der Waals surface area (Å²) in [6, 6.07) is 8.01. The molecule has 1 saturated heterocycles. The molecule has 0 amide bonds. The normalized spacial score (nSPS) is 16.5. The second kappa shape index (κ2) is 5.78. The zero-order valence-corrected chi connectivity index (χ0v) is 10.9. The number of hydrogen-bond acceptors (Lipinski definition) is 4. The molecule has 1 fully saturated rings. The van der Waals surface area contributed by atoms with E-state index in [1.165, 1.54) is 18.5 Å². The molecule has 2 aromatic rings. The van der Waals surface area contributed by atoms with Crippen molar-refractivity contribution < 1.29 is 0 Å². The Morgan fingerprint density at radius 1 is 0.947 bits per heavy atom. The molecule has 0 radical (unpaired) electrons. The lowest BCUT2D eigenvalue weighted by Crippen LogP contribution is -2.35. The van der Waals surface area contributed by atoms with Crippen molar-refractivity contribution >= 4 is 5.95 Å². The number of anilines is 1. The maximum Gasteiger partial charge on any atom is 0.225 e. The molecular formula is C15H18N4. The van der Waals surface area contributed by atoms with Crippen molar-refractivity contribution in [3.63, 3.8) is 0 Å². The van der Waals surface area contributed by atoms with Crippen molar-refractivity contribution in [1.82, 2.24) is 15.0 Å². The minimum atomic E-state index is 0.731. The largest absolute Gasteiger partial charge is 0.341 e. The third-order valence-corrected chi connectivity index (χ3v) is 3.67. The van der Waals surface area contributed by atoms with Crippen LogP contribution in [0.15, 0.2) is 42.9 Å². The van der Waals surface area contributed by atoms with Crippen molar-refractivity contribution in [1.29, 1.82) is 0 Å². The van der Waals surface area contributed by atoms with Crippen LogP contribution >= 0.6 is 0 Å². The minimum absolute atomic E-state index is 0.731. The highest BCUT2D eigenvalue weighted by atomic mass is 15.2. The van der Waals surface area contributed by atoms with Crippen LogP contribution in [0.25, 0.3) is 0 Å². The van der Waals surface area contributed by atoms with Gasteiger partial charge < -0.3 is 4.90 Å². The fraction of sp³-hybridized carbons (Fsp3) is 0.400. The van der Waals surface area contributed by atoms with Crippen LogP contribution < -0.4 is 4.90 Å². The van der Waals surface area contributed by atoms with E-state index in [-0.39, 0.29) is 0 Å². The van der Waals surface area contributed by atoms with Crippen LogP contribution in [0.3, 0.4) is 0 Å². The third kappa shape index (κ3) is 3.08. The van der Waals surface area contributed by atoms with Crippen molar-refractivity contribution in [3.05, 3.63) is 48.5 Å². The van der Waals surface area contributed by atoms with Crippen LogP contribution in [-0.2, 0) is 6.42 Å². The van der Waals surface area contributed by atoms with E-state index >= 15 is 0 Å². The molecule has 0 aliphatic carbocycles. The van der Waals surface area contributed by atoms with Gasteiger partial charge in [-0.2, -0.15) is 0 Å². The number of piperidine rings is 1. The van der Waals surface area contributed by atoms with Gasteiger partial charge in [-0.3, -0.25) is 4.98 Å². The Kier molecular flexibility index (Phi) is 3.68. The van der Waals surface area contributed by atoms with Gasteiger partial charge >= 0.3 is 0 Å². The predicted molar refractivity (Wildman–Crippen MR) is 74.9 cm³/mol. The molecule has 1 aliphatic heterocycles. The standard InChI is InChI=1S/C15H18N4/c1-2-7-16-14(4-1)12-13-5-10-19(11-6-13)15-17-8-3-9-18-15/h1-4,7-9,13H,5-6,10-12H2. The molecule has 3 rings (SSSR count). The van der Waals surface area contributed by atoms with Gasteiger partial charge in [0.1, 0.15) is 0 Å². The van der Waals surface area contributed by atoms with Gasteiger partial charge in [-0.1, -0.05) is 6.07 Å². The molecule has 0 N–H and O–H groups in total. The Bertz CT molecular complexity index is 492. The van der Waals surface area contributed by atoms with Crippen LogP contribution in [0.5, 0.6) is 0 Å². The van der Waals surface area contributed by atoms with Gasteiger partial charge in [-0.05, 0) is 43.4 Å². The van der Waals surface area contributed by atoms with E-state index in [1.807, 2.05) is 30.7 Å². The van der Waals surface area contributed by atoms with Gasteiger partial charge in [-0.15, -0.1) is 0 Å². The highest BCUT2D eigenvalue weighted by molar-refractivity contribution is 5.28. The summed E-state index contributed by atoms with van der Waals surface area (Å²) in [5, 5.41) is 0. The number of aromatic nitrogens is 3. The van der Waals surface area contributed by atoms with Crippen molar-refractivity contribution in [2.45, 2.75) is 19.3 Å². The van der Waals surface area contributed by atoms with Gasteiger partial charge in [0, 0.05) is 37.4 Å². The lowest BCUT2D eigenvalue weighted by Gasteiger charge is -2.31. The summed E-state index contributed by atoms with van der Waals surface area (Å²) in [7, 11) is 0. The highest BCUT2D eigenvalue weighted by Crippen LogP contribution is 2.22. The van der Waals surface area contributed by atoms with Gasteiger partial charge in [0.15, 0.2) is 0 Å². The summed E-state index contributed by atoms with van der Waals surface area (Å²) in [6.07, 6.45) is 8.96. The van der Waals surface area contributed by atoms with Crippen LogP contribution in [-0.4, -0.2) is 28.0 Å². The fourth-order valence-electron chi connectivity index (χ4n) is 2.61. The van der Waals surface area contributed by atoms with Crippen LogP contribution in [0, 0.1) is 5.92 Å². The van der Waals surface area contributed by atoms with E-state index in [1.54, 1.807) is 0 Å². The fourth-order valence-corrected chi connectivity index (χ4v) is 2.61. The van der Waals surface area contributed by atoms with E-state index in [9.17, 15) is 0 Å². The zero-order chi connectivity index (χ0) is 12.9. The van der Waals surface area contributed by atoms with Gasteiger partial charge in [0.25, 0.3) is 0 Å². The van der Waals surface area contributed by atoms with E-state index < -0.39 is 0 Å². The Morgan fingerprint density at radius 3 is 2.37 bits per heavy atom. The summed E-state index contributed by atoms with van der Waals surface area (Å²) >= 11 is 0. The molecule has 4 nitrogen and oxygen atoms in total. The Morgan fingerprint density at radius 2 is 1.68 bits per heavy atom. The Labute approximate surface area is 113 Å². The van der Waals surface area contributed by atoms with E-state index in [2.05, 4.69) is 32.0 Å². The quantitative estimate of drug-likeness (QED) is 0.843. The molecular weight excluding hydrogens is 236 g/mol. The molecule has 0 bridgehead atoms. The molecule has 19 heavy (non-hydrogen) atoms. The second-order valence-electron chi connectivity index (χ2n) is 5.00. The first-order valence-electron chi connectivity index (χ1n) is 6.84. The van der Waals surface area contributed by atoms with Crippen molar-refractivity contribution in [3.8, 4) is 0 Å². The predicted octanol–water partition coefficient (Wildman–Crippen LogP) is 2.33. The molecule has 1 aliphatic rings. The molecule has 3 heterocycles. The van der Waals surface area contributed by atoms with Gasteiger partial charge in [-0.25, -0.2) is 9.97 Å². The first kappa shape index (κ1) is 12.1. The molecule has 0 spiro atoms. The number of nitrogens with zero attached hydrogens (tertiary/aromatic N) is 4. The van der Waals surface area contributed by atoms with Crippen LogP contribution in [0.1, 0.15) is 18.5 Å². The highest BCUT2D eigenvalue weighted by Gasteiger charge is 2.21. The van der Waals surface area contributed by atoms with Crippen molar-refractivity contribution in [2.75, 3.05) is 18.0 Å².